The molecule has 0 aliphatic rings. The van der Waals surface area contributed by atoms with E-state index in [0.717, 1.165) is 11.6 Å². The number of aromatic amines is 1. The molecule has 2 aromatic carbocycles. The SMILES string of the molecule is Cc1ccc2[nH]c(=S)n(-c3ccc(F)c(F)c3F)c2c1. The van der Waals surface area contributed by atoms with Crippen molar-refractivity contribution in [1.82, 2.24) is 9.55 Å². The Bertz CT molecular complexity index is 880. The van der Waals surface area contributed by atoms with Gasteiger partial charge in [-0.3, -0.25) is 4.57 Å². The van der Waals surface area contributed by atoms with Gasteiger partial charge in [0.15, 0.2) is 22.2 Å². The van der Waals surface area contributed by atoms with Crippen LogP contribution in [0.5, 0.6) is 0 Å². The minimum Gasteiger partial charge on any atom is -0.330 e. The van der Waals surface area contributed by atoms with Crippen LogP contribution in [0.3, 0.4) is 0 Å². The first-order valence-electron chi connectivity index (χ1n) is 5.84. The summed E-state index contributed by atoms with van der Waals surface area (Å²) in [5.41, 5.74) is 2.14. The lowest BCUT2D eigenvalue weighted by molar-refractivity contribution is 0.445. The number of H-pyrrole nitrogens is 1. The molecule has 0 radical (unpaired) electrons. The van der Waals surface area contributed by atoms with E-state index in [1.54, 1.807) is 12.1 Å². The molecule has 0 aliphatic heterocycles. The number of rotatable bonds is 1. The molecule has 2 nitrogen and oxygen atoms in total. The summed E-state index contributed by atoms with van der Waals surface area (Å²) in [7, 11) is 0. The highest BCUT2D eigenvalue weighted by molar-refractivity contribution is 7.71. The molecule has 0 saturated heterocycles. The molecule has 0 aliphatic carbocycles. The van der Waals surface area contributed by atoms with Crippen molar-refractivity contribution >= 4 is 23.3 Å². The van der Waals surface area contributed by atoms with Gasteiger partial charge in [-0.15, -0.1) is 0 Å². The first-order valence-corrected chi connectivity index (χ1v) is 6.25. The lowest BCUT2D eigenvalue weighted by atomic mass is 10.2. The van der Waals surface area contributed by atoms with E-state index in [2.05, 4.69) is 4.98 Å². The summed E-state index contributed by atoms with van der Waals surface area (Å²) in [5.74, 6) is -4.00. The Balaban J connectivity index is 2.41. The van der Waals surface area contributed by atoms with E-state index < -0.39 is 17.5 Å². The Hall–Kier alpha value is -2.08. The van der Waals surface area contributed by atoms with Gasteiger partial charge < -0.3 is 4.98 Å². The van der Waals surface area contributed by atoms with E-state index in [9.17, 15) is 13.2 Å². The highest BCUT2D eigenvalue weighted by Crippen LogP contribution is 2.24. The summed E-state index contributed by atoms with van der Waals surface area (Å²) in [6.07, 6.45) is 0. The maximum Gasteiger partial charge on any atom is 0.196 e. The molecule has 3 aromatic rings. The lowest BCUT2D eigenvalue weighted by Crippen LogP contribution is -2.02. The maximum atomic E-state index is 13.9. The topological polar surface area (TPSA) is 20.7 Å². The smallest absolute Gasteiger partial charge is 0.196 e. The molecule has 0 bridgehead atoms. The average molecular weight is 294 g/mol. The van der Waals surface area contributed by atoms with Crippen molar-refractivity contribution in [3.63, 3.8) is 0 Å². The minimum absolute atomic E-state index is 0.120. The van der Waals surface area contributed by atoms with Crippen LogP contribution in [0.2, 0.25) is 0 Å². The molecular formula is C14H9F3N2S. The van der Waals surface area contributed by atoms with Crippen molar-refractivity contribution in [1.29, 1.82) is 0 Å². The summed E-state index contributed by atoms with van der Waals surface area (Å²) in [6.45, 7) is 1.88. The number of fused-ring (bicyclic) bond motifs is 1. The van der Waals surface area contributed by atoms with Gasteiger partial charge in [0.1, 0.15) is 0 Å². The molecule has 0 spiro atoms. The number of hydrogen-bond acceptors (Lipinski definition) is 1. The second-order valence-corrected chi connectivity index (χ2v) is 4.87. The summed E-state index contributed by atoms with van der Waals surface area (Å²) in [6, 6.07) is 7.51. The summed E-state index contributed by atoms with van der Waals surface area (Å²) < 4.78 is 41.9. The fourth-order valence-electron chi connectivity index (χ4n) is 2.14. The number of nitrogens with one attached hydrogen (secondary N) is 1. The number of aryl methyl sites for hydroxylation is 1. The molecule has 6 heteroatoms. The number of nitrogens with zero attached hydrogens (tertiary/aromatic N) is 1. The molecule has 1 heterocycles. The van der Waals surface area contributed by atoms with Gasteiger partial charge in [-0.25, -0.2) is 13.2 Å². The number of aromatic nitrogens is 2. The monoisotopic (exact) mass is 294 g/mol. The molecule has 0 saturated carbocycles. The zero-order valence-corrected chi connectivity index (χ0v) is 11.2. The van der Waals surface area contributed by atoms with Crippen LogP contribution >= 0.6 is 12.2 Å². The molecule has 0 unspecified atom stereocenters. The molecule has 0 fully saturated rings. The Labute approximate surface area is 117 Å². The standard InChI is InChI=1S/C14H9F3N2S/c1-7-2-4-9-11(6-7)19(14(20)18-9)10-5-3-8(15)12(16)13(10)17/h2-6H,1H3,(H,18,20). The molecular weight excluding hydrogens is 285 g/mol. The normalized spacial score (nSPS) is 11.2. The summed E-state index contributed by atoms with van der Waals surface area (Å²) in [4.78, 5) is 2.91. The molecule has 1 aromatic heterocycles. The Morgan fingerprint density at radius 2 is 1.80 bits per heavy atom. The van der Waals surface area contributed by atoms with Crippen LogP contribution in [0.4, 0.5) is 13.2 Å². The fraction of sp³-hybridized carbons (Fsp3) is 0.0714. The molecule has 0 atom stereocenters. The summed E-state index contributed by atoms with van der Waals surface area (Å²) >= 11 is 5.14. The predicted molar refractivity (Wildman–Crippen MR) is 73.1 cm³/mol. The van der Waals surface area contributed by atoms with Gasteiger partial charge >= 0.3 is 0 Å². The van der Waals surface area contributed by atoms with Crippen molar-refractivity contribution in [2.45, 2.75) is 6.92 Å². The molecule has 1 N–H and O–H groups in total. The van der Waals surface area contributed by atoms with E-state index in [0.29, 0.717) is 11.0 Å². The Kier molecular flexibility index (Phi) is 2.90. The van der Waals surface area contributed by atoms with E-state index in [-0.39, 0.29) is 10.5 Å². The Morgan fingerprint density at radius 3 is 2.55 bits per heavy atom. The second kappa shape index (κ2) is 4.49. The van der Waals surface area contributed by atoms with Gasteiger partial charge in [0, 0.05) is 0 Å². The van der Waals surface area contributed by atoms with Gasteiger partial charge in [0.05, 0.1) is 16.7 Å². The largest absolute Gasteiger partial charge is 0.330 e. The van der Waals surface area contributed by atoms with E-state index in [1.165, 1.54) is 10.6 Å². The third-order valence-corrected chi connectivity index (χ3v) is 3.38. The van der Waals surface area contributed by atoms with Crippen molar-refractivity contribution in [2.75, 3.05) is 0 Å². The first-order chi connectivity index (χ1) is 9.49. The predicted octanol–water partition coefficient (Wildman–Crippen LogP) is 4.41. The van der Waals surface area contributed by atoms with Crippen molar-refractivity contribution in [2.24, 2.45) is 0 Å². The molecule has 20 heavy (non-hydrogen) atoms. The van der Waals surface area contributed by atoms with E-state index in [4.69, 9.17) is 12.2 Å². The van der Waals surface area contributed by atoms with Crippen molar-refractivity contribution in [3.8, 4) is 5.69 Å². The number of halogens is 3. The quantitative estimate of drug-likeness (QED) is 0.520. The lowest BCUT2D eigenvalue weighted by Gasteiger charge is -2.07. The number of benzene rings is 2. The van der Waals surface area contributed by atoms with Gasteiger partial charge in [-0.05, 0) is 49.0 Å². The van der Waals surface area contributed by atoms with Gasteiger partial charge in [0.25, 0.3) is 0 Å². The maximum absolute atomic E-state index is 13.9. The number of imidazole rings is 1. The molecule has 0 amide bonds. The van der Waals surface area contributed by atoms with Crippen LogP contribution in [0.25, 0.3) is 16.7 Å². The van der Waals surface area contributed by atoms with Crippen LogP contribution < -0.4 is 0 Å². The first kappa shape index (κ1) is 12.9. The zero-order valence-electron chi connectivity index (χ0n) is 10.4. The van der Waals surface area contributed by atoms with Gasteiger partial charge in [0.2, 0.25) is 0 Å². The van der Waals surface area contributed by atoms with Crippen LogP contribution in [0.1, 0.15) is 5.56 Å². The fourth-order valence-corrected chi connectivity index (χ4v) is 2.45. The summed E-state index contributed by atoms with van der Waals surface area (Å²) in [5, 5.41) is 0. The zero-order chi connectivity index (χ0) is 14.4. The van der Waals surface area contributed by atoms with Crippen LogP contribution in [-0.2, 0) is 0 Å². The Morgan fingerprint density at radius 1 is 1.05 bits per heavy atom. The van der Waals surface area contributed by atoms with Crippen molar-refractivity contribution < 1.29 is 13.2 Å². The highest BCUT2D eigenvalue weighted by atomic mass is 32.1. The average Bonchev–Trinajstić information content (AvgIpc) is 2.72. The number of hydrogen-bond donors (Lipinski definition) is 1. The van der Waals surface area contributed by atoms with Gasteiger partial charge in [-0.2, -0.15) is 0 Å². The van der Waals surface area contributed by atoms with E-state index in [1.807, 2.05) is 13.0 Å². The van der Waals surface area contributed by atoms with Crippen LogP contribution in [0, 0.1) is 29.1 Å². The third kappa shape index (κ3) is 1.84. The third-order valence-electron chi connectivity index (χ3n) is 3.09. The van der Waals surface area contributed by atoms with Crippen molar-refractivity contribution in [3.05, 3.63) is 58.1 Å². The van der Waals surface area contributed by atoms with Gasteiger partial charge in [-0.1, -0.05) is 6.07 Å². The van der Waals surface area contributed by atoms with Crippen LogP contribution in [-0.4, -0.2) is 9.55 Å². The molecule has 102 valence electrons. The molecule has 3 rings (SSSR count). The van der Waals surface area contributed by atoms with E-state index >= 15 is 0 Å². The van der Waals surface area contributed by atoms with Crippen LogP contribution in [0.15, 0.2) is 30.3 Å². The second-order valence-electron chi connectivity index (χ2n) is 4.48. The minimum atomic E-state index is -1.51. The highest BCUT2D eigenvalue weighted by Gasteiger charge is 2.17.